The van der Waals surface area contributed by atoms with Gasteiger partial charge >= 0.3 is 0 Å². The van der Waals surface area contributed by atoms with Crippen LogP contribution in [-0.2, 0) is 7.05 Å². The fraction of sp³-hybridized carbons (Fsp3) is 0.286. The highest BCUT2D eigenvalue weighted by Gasteiger charge is 2.16. The smallest absolute Gasteiger partial charge is 0.127 e. The van der Waals surface area contributed by atoms with Crippen molar-refractivity contribution in [3.63, 3.8) is 0 Å². The lowest BCUT2D eigenvalue weighted by atomic mass is 10.1. The molecule has 1 aromatic carbocycles. The Balaban J connectivity index is 2.43. The number of nitrogens with one attached hydrogen (secondary N) is 1. The first-order valence-corrected chi connectivity index (χ1v) is 6.85. The van der Waals surface area contributed by atoms with Gasteiger partial charge in [0.25, 0.3) is 0 Å². The maximum Gasteiger partial charge on any atom is 0.127 e. The lowest BCUT2D eigenvalue weighted by Crippen LogP contribution is -2.13. The number of amidine groups is 1. The van der Waals surface area contributed by atoms with Crippen molar-refractivity contribution in [2.24, 2.45) is 12.8 Å². The van der Waals surface area contributed by atoms with E-state index in [1.165, 1.54) is 11.1 Å². The van der Waals surface area contributed by atoms with Crippen LogP contribution in [0.5, 0.6) is 0 Å². The van der Waals surface area contributed by atoms with Crippen LogP contribution in [0.3, 0.4) is 0 Å². The molecular weight excluding hydrogens is 256 g/mol. The van der Waals surface area contributed by atoms with Crippen LogP contribution in [-0.4, -0.2) is 15.6 Å². The Morgan fingerprint density at radius 1 is 1.26 bits per heavy atom. The Morgan fingerprint density at radius 2 is 1.95 bits per heavy atom. The van der Waals surface area contributed by atoms with Crippen LogP contribution in [0.4, 0.5) is 0 Å². The van der Waals surface area contributed by atoms with Gasteiger partial charge in [-0.1, -0.05) is 17.8 Å². The van der Waals surface area contributed by atoms with E-state index in [0.717, 1.165) is 21.2 Å². The predicted molar refractivity (Wildman–Crippen MR) is 79.0 cm³/mol. The molecule has 100 valence electrons. The Labute approximate surface area is 117 Å². The third-order valence-corrected chi connectivity index (χ3v) is 4.28. The standard InChI is InChI=1S/C14H18N4S/c1-8-5-6-11(7-9(8)2)19-14-12(13(15)16)10(3)17-18(14)4/h5-7H,1-4H3,(H3,15,16). The summed E-state index contributed by atoms with van der Waals surface area (Å²) in [5.41, 5.74) is 9.71. The van der Waals surface area contributed by atoms with Gasteiger partial charge in [0, 0.05) is 11.9 Å². The Bertz CT molecular complexity index is 643. The second-order valence-corrected chi connectivity index (χ2v) is 5.71. The number of aromatic nitrogens is 2. The molecule has 0 aliphatic heterocycles. The van der Waals surface area contributed by atoms with Gasteiger partial charge in [-0.25, -0.2) is 0 Å². The summed E-state index contributed by atoms with van der Waals surface area (Å²) in [5, 5.41) is 12.9. The van der Waals surface area contributed by atoms with Crippen molar-refractivity contribution < 1.29 is 0 Å². The number of aryl methyl sites for hydroxylation is 4. The molecule has 2 aromatic rings. The summed E-state index contributed by atoms with van der Waals surface area (Å²) >= 11 is 1.59. The number of nitrogens with two attached hydrogens (primary N) is 1. The Morgan fingerprint density at radius 3 is 2.53 bits per heavy atom. The topological polar surface area (TPSA) is 67.7 Å². The molecule has 3 N–H and O–H groups in total. The summed E-state index contributed by atoms with van der Waals surface area (Å²) in [6, 6.07) is 6.33. The lowest BCUT2D eigenvalue weighted by molar-refractivity contribution is 0.692. The lowest BCUT2D eigenvalue weighted by Gasteiger charge is -2.07. The normalized spacial score (nSPS) is 10.7. The van der Waals surface area contributed by atoms with E-state index in [1.807, 2.05) is 14.0 Å². The van der Waals surface area contributed by atoms with Gasteiger partial charge in [0.05, 0.1) is 11.3 Å². The molecule has 1 aromatic heterocycles. The molecule has 4 nitrogen and oxygen atoms in total. The summed E-state index contributed by atoms with van der Waals surface area (Å²) in [5.74, 6) is 0.0666. The second kappa shape index (κ2) is 5.09. The summed E-state index contributed by atoms with van der Waals surface area (Å²) in [4.78, 5) is 1.13. The minimum Gasteiger partial charge on any atom is -0.384 e. The monoisotopic (exact) mass is 274 g/mol. The van der Waals surface area contributed by atoms with E-state index < -0.39 is 0 Å². The molecule has 0 fully saturated rings. The van der Waals surface area contributed by atoms with Crippen LogP contribution < -0.4 is 5.73 Å². The Kier molecular flexibility index (Phi) is 3.66. The van der Waals surface area contributed by atoms with Crippen molar-refractivity contribution in [3.05, 3.63) is 40.6 Å². The van der Waals surface area contributed by atoms with E-state index in [0.29, 0.717) is 0 Å². The zero-order chi connectivity index (χ0) is 14.2. The molecule has 0 aliphatic carbocycles. The number of hydrogen-bond acceptors (Lipinski definition) is 3. The molecular formula is C14H18N4S. The van der Waals surface area contributed by atoms with Gasteiger partial charge in [-0.05, 0) is 44.0 Å². The van der Waals surface area contributed by atoms with E-state index in [4.69, 9.17) is 11.1 Å². The van der Waals surface area contributed by atoms with Gasteiger partial charge in [0.1, 0.15) is 10.9 Å². The molecule has 1 heterocycles. The molecule has 5 heteroatoms. The molecule has 0 atom stereocenters. The van der Waals surface area contributed by atoms with Crippen LogP contribution in [0.15, 0.2) is 28.1 Å². The van der Waals surface area contributed by atoms with E-state index in [2.05, 4.69) is 37.1 Å². The minimum atomic E-state index is 0.0666. The van der Waals surface area contributed by atoms with Crippen LogP contribution >= 0.6 is 11.8 Å². The van der Waals surface area contributed by atoms with E-state index in [-0.39, 0.29) is 5.84 Å². The average Bonchev–Trinajstić information content (AvgIpc) is 2.59. The first kappa shape index (κ1) is 13.7. The van der Waals surface area contributed by atoms with Gasteiger partial charge in [0.2, 0.25) is 0 Å². The van der Waals surface area contributed by atoms with Crippen molar-refractivity contribution in [3.8, 4) is 0 Å². The average molecular weight is 274 g/mol. The van der Waals surface area contributed by atoms with Gasteiger partial charge < -0.3 is 5.73 Å². The summed E-state index contributed by atoms with van der Waals surface area (Å²) in [7, 11) is 1.88. The minimum absolute atomic E-state index is 0.0666. The van der Waals surface area contributed by atoms with Crippen LogP contribution in [0.25, 0.3) is 0 Å². The largest absolute Gasteiger partial charge is 0.384 e. The number of rotatable bonds is 3. The zero-order valence-corrected chi connectivity index (χ0v) is 12.4. The quantitative estimate of drug-likeness (QED) is 0.668. The summed E-state index contributed by atoms with van der Waals surface area (Å²) in [6.07, 6.45) is 0. The zero-order valence-electron chi connectivity index (χ0n) is 11.6. The molecule has 0 aliphatic rings. The van der Waals surface area contributed by atoms with Gasteiger partial charge in [-0.15, -0.1) is 0 Å². The maximum absolute atomic E-state index is 7.68. The van der Waals surface area contributed by atoms with Crippen molar-refractivity contribution >= 4 is 17.6 Å². The van der Waals surface area contributed by atoms with Crippen molar-refractivity contribution in [2.45, 2.75) is 30.7 Å². The van der Waals surface area contributed by atoms with Crippen molar-refractivity contribution in [1.82, 2.24) is 9.78 Å². The van der Waals surface area contributed by atoms with Crippen LogP contribution in [0.1, 0.15) is 22.4 Å². The summed E-state index contributed by atoms with van der Waals surface area (Å²) in [6.45, 7) is 6.07. The molecule has 0 saturated heterocycles. The number of hydrogen-bond donors (Lipinski definition) is 2. The third-order valence-electron chi connectivity index (χ3n) is 3.13. The first-order chi connectivity index (χ1) is 8.90. The maximum atomic E-state index is 7.68. The molecule has 0 amide bonds. The number of nitrogen functional groups attached to an aromatic ring is 1. The van der Waals surface area contributed by atoms with Gasteiger partial charge in [-0.2, -0.15) is 5.10 Å². The van der Waals surface area contributed by atoms with Crippen molar-refractivity contribution in [1.29, 1.82) is 5.41 Å². The highest BCUT2D eigenvalue weighted by Crippen LogP contribution is 2.32. The fourth-order valence-electron chi connectivity index (χ4n) is 1.95. The summed E-state index contributed by atoms with van der Waals surface area (Å²) < 4.78 is 1.78. The van der Waals surface area contributed by atoms with E-state index in [9.17, 15) is 0 Å². The molecule has 2 rings (SSSR count). The van der Waals surface area contributed by atoms with E-state index in [1.54, 1.807) is 16.4 Å². The van der Waals surface area contributed by atoms with Gasteiger partial charge in [0.15, 0.2) is 0 Å². The highest BCUT2D eigenvalue weighted by atomic mass is 32.2. The van der Waals surface area contributed by atoms with E-state index >= 15 is 0 Å². The number of nitrogens with zero attached hydrogens (tertiary/aromatic N) is 2. The molecule has 0 radical (unpaired) electrons. The third kappa shape index (κ3) is 2.66. The van der Waals surface area contributed by atoms with Crippen molar-refractivity contribution in [2.75, 3.05) is 0 Å². The molecule has 0 spiro atoms. The highest BCUT2D eigenvalue weighted by molar-refractivity contribution is 7.99. The second-order valence-electron chi connectivity index (χ2n) is 4.65. The fourth-order valence-corrected chi connectivity index (χ4v) is 3.08. The predicted octanol–water partition coefficient (Wildman–Crippen LogP) is 2.78. The Hall–Kier alpha value is -1.75. The molecule has 0 unspecified atom stereocenters. The molecule has 0 bridgehead atoms. The SMILES string of the molecule is Cc1ccc(Sc2c(C(=N)N)c(C)nn2C)cc1C. The number of benzene rings is 1. The molecule has 19 heavy (non-hydrogen) atoms. The van der Waals surface area contributed by atoms with Crippen LogP contribution in [0, 0.1) is 26.2 Å². The molecule has 0 saturated carbocycles. The first-order valence-electron chi connectivity index (χ1n) is 6.03. The van der Waals surface area contributed by atoms with Gasteiger partial charge in [-0.3, -0.25) is 10.1 Å². The van der Waals surface area contributed by atoms with Crippen LogP contribution in [0.2, 0.25) is 0 Å².